The maximum absolute atomic E-state index is 14.9. The molecular weight excluding hydrogens is 362 g/mol. The fourth-order valence-corrected chi connectivity index (χ4v) is 4.34. The molecule has 3 atom stereocenters. The lowest BCUT2D eigenvalue weighted by Crippen LogP contribution is -2.49. The third kappa shape index (κ3) is 3.87. The molecule has 148 valence electrons. The maximum atomic E-state index is 14.9. The Bertz CT molecular complexity index is 825. The number of nitrogens with zero attached hydrogens (tertiary/aromatic N) is 2. The Labute approximate surface area is 163 Å². The minimum absolute atomic E-state index is 0.0274. The fraction of sp³-hybridized carbons (Fsp3) is 0.409. The largest absolute Gasteiger partial charge is 0.508 e. The van der Waals surface area contributed by atoms with Crippen LogP contribution in [0.15, 0.2) is 48.5 Å². The minimum atomic E-state index is -1.04. The van der Waals surface area contributed by atoms with Gasteiger partial charge in [-0.1, -0.05) is 24.3 Å². The summed E-state index contributed by atoms with van der Waals surface area (Å²) in [5, 5.41) is 9.42. The zero-order valence-corrected chi connectivity index (χ0v) is 15.6. The lowest BCUT2D eigenvalue weighted by molar-refractivity contribution is -0.133. The van der Waals surface area contributed by atoms with Crippen molar-refractivity contribution in [3.63, 3.8) is 0 Å². The number of likely N-dealkylation sites (tertiary alicyclic amines) is 2. The molecule has 2 aromatic rings. The van der Waals surface area contributed by atoms with Crippen molar-refractivity contribution in [1.29, 1.82) is 0 Å². The van der Waals surface area contributed by atoms with E-state index in [9.17, 15) is 18.7 Å². The van der Waals surface area contributed by atoms with Crippen molar-refractivity contribution in [1.82, 2.24) is 9.80 Å². The monoisotopic (exact) mass is 386 g/mol. The lowest BCUT2D eigenvalue weighted by atomic mass is 9.87. The molecule has 0 saturated carbocycles. The zero-order valence-electron chi connectivity index (χ0n) is 15.6. The summed E-state index contributed by atoms with van der Waals surface area (Å²) in [5.41, 5.74) is 1.78. The number of aromatic hydroxyl groups is 1. The summed E-state index contributed by atoms with van der Waals surface area (Å²) >= 11 is 0. The van der Waals surface area contributed by atoms with Gasteiger partial charge in [0.15, 0.2) is 0 Å². The molecule has 2 fully saturated rings. The summed E-state index contributed by atoms with van der Waals surface area (Å²) in [4.78, 5) is 16.6. The number of halogens is 2. The smallest absolute Gasteiger partial charge is 0.240 e. The van der Waals surface area contributed by atoms with Gasteiger partial charge in [0, 0.05) is 25.6 Å². The van der Waals surface area contributed by atoms with E-state index in [1.807, 2.05) is 4.90 Å². The highest BCUT2D eigenvalue weighted by Crippen LogP contribution is 2.33. The van der Waals surface area contributed by atoms with E-state index in [1.54, 1.807) is 41.3 Å². The van der Waals surface area contributed by atoms with Crippen LogP contribution in [0.5, 0.6) is 5.75 Å². The first-order chi connectivity index (χ1) is 13.5. The van der Waals surface area contributed by atoms with Gasteiger partial charge in [0.05, 0.1) is 6.04 Å². The molecular formula is C22H24F2N2O2. The summed E-state index contributed by atoms with van der Waals surface area (Å²) in [6, 6.07) is 12.6. The van der Waals surface area contributed by atoms with Crippen molar-refractivity contribution >= 4 is 5.91 Å². The average Bonchev–Trinajstić information content (AvgIpc) is 3.05. The Morgan fingerprint density at radius 2 is 1.71 bits per heavy atom. The first-order valence-electron chi connectivity index (χ1n) is 9.71. The molecule has 1 unspecified atom stereocenters. The Morgan fingerprint density at radius 1 is 1.00 bits per heavy atom. The number of rotatable bonds is 4. The van der Waals surface area contributed by atoms with E-state index < -0.39 is 6.17 Å². The van der Waals surface area contributed by atoms with Crippen LogP contribution in [0.25, 0.3) is 0 Å². The van der Waals surface area contributed by atoms with Gasteiger partial charge in [0.2, 0.25) is 5.91 Å². The number of carbonyl (C=O) groups excluding carboxylic acids is 1. The van der Waals surface area contributed by atoms with E-state index in [0.29, 0.717) is 32.5 Å². The van der Waals surface area contributed by atoms with Gasteiger partial charge in [-0.2, -0.15) is 0 Å². The van der Waals surface area contributed by atoms with Gasteiger partial charge in [-0.25, -0.2) is 8.78 Å². The van der Waals surface area contributed by atoms with Crippen molar-refractivity contribution in [3.05, 3.63) is 65.5 Å². The first kappa shape index (κ1) is 18.9. The van der Waals surface area contributed by atoms with Crippen molar-refractivity contribution in [2.75, 3.05) is 19.6 Å². The van der Waals surface area contributed by atoms with Crippen LogP contribution in [0.1, 0.15) is 29.9 Å². The van der Waals surface area contributed by atoms with Crippen LogP contribution in [-0.2, 0) is 11.3 Å². The molecule has 1 N–H and O–H groups in total. The molecule has 2 aliphatic rings. The topological polar surface area (TPSA) is 43.8 Å². The summed E-state index contributed by atoms with van der Waals surface area (Å²) in [7, 11) is 0. The van der Waals surface area contributed by atoms with Gasteiger partial charge >= 0.3 is 0 Å². The summed E-state index contributed by atoms with van der Waals surface area (Å²) in [6.07, 6.45) is 0.293. The zero-order chi connectivity index (χ0) is 19.7. The molecule has 2 aliphatic heterocycles. The molecule has 4 nitrogen and oxygen atoms in total. The van der Waals surface area contributed by atoms with Crippen LogP contribution in [0.4, 0.5) is 8.78 Å². The van der Waals surface area contributed by atoms with Crippen LogP contribution in [-0.4, -0.2) is 52.7 Å². The van der Waals surface area contributed by atoms with E-state index in [-0.39, 0.29) is 36.0 Å². The van der Waals surface area contributed by atoms with Crippen LogP contribution >= 0.6 is 0 Å². The molecule has 2 heterocycles. The highest BCUT2D eigenvalue weighted by molar-refractivity contribution is 5.84. The second kappa shape index (κ2) is 7.87. The number of amides is 1. The van der Waals surface area contributed by atoms with Gasteiger partial charge in [-0.15, -0.1) is 0 Å². The molecule has 28 heavy (non-hydrogen) atoms. The summed E-state index contributed by atoms with van der Waals surface area (Å²) in [6.45, 7) is 2.01. The minimum Gasteiger partial charge on any atom is -0.508 e. The molecule has 4 rings (SSSR count). The van der Waals surface area contributed by atoms with Crippen molar-refractivity contribution in [3.8, 4) is 5.75 Å². The van der Waals surface area contributed by atoms with Crippen molar-refractivity contribution in [2.24, 2.45) is 0 Å². The highest BCUT2D eigenvalue weighted by atomic mass is 19.1. The van der Waals surface area contributed by atoms with E-state index in [0.717, 1.165) is 11.1 Å². The third-order valence-electron chi connectivity index (χ3n) is 5.89. The van der Waals surface area contributed by atoms with Gasteiger partial charge in [-0.05, 0) is 54.8 Å². The highest BCUT2D eigenvalue weighted by Gasteiger charge is 2.40. The third-order valence-corrected chi connectivity index (χ3v) is 5.89. The second-order valence-corrected chi connectivity index (χ2v) is 7.69. The van der Waals surface area contributed by atoms with E-state index in [1.165, 1.54) is 12.1 Å². The van der Waals surface area contributed by atoms with Crippen LogP contribution < -0.4 is 0 Å². The number of piperidine rings is 1. The van der Waals surface area contributed by atoms with Crippen molar-refractivity contribution in [2.45, 2.75) is 37.5 Å². The SMILES string of the molecule is O=C1C(N2CC[C@@H](c3ccc(O)cc3)[C@H](F)C2)CCN1Cc1ccc(F)cc1. The Balaban J connectivity index is 1.37. The molecule has 0 spiro atoms. The summed E-state index contributed by atoms with van der Waals surface area (Å²) < 4.78 is 27.9. The number of phenolic OH excluding ortho intramolecular Hbond substituents is 1. The quantitative estimate of drug-likeness (QED) is 0.875. The van der Waals surface area contributed by atoms with E-state index in [2.05, 4.69) is 0 Å². The van der Waals surface area contributed by atoms with Crippen LogP contribution in [0.3, 0.4) is 0 Å². The second-order valence-electron chi connectivity index (χ2n) is 7.69. The van der Waals surface area contributed by atoms with Gasteiger partial charge in [0.1, 0.15) is 17.7 Å². The van der Waals surface area contributed by atoms with Crippen molar-refractivity contribution < 1.29 is 18.7 Å². The molecule has 0 bridgehead atoms. The van der Waals surface area contributed by atoms with Crippen LogP contribution in [0, 0.1) is 5.82 Å². The fourth-order valence-electron chi connectivity index (χ4n) is 4.34. The number of phenols is 1. The van der Waals surface area contributed by atoms with Gasteiger partial charge in [0.25, 0.3) is 0 Å². The molecule has 0 aromatic heterocycles. The number of hydrogen-bond acceptors (Lipinski definition) is 3. The normalized spacial score (nSPS) is 26.0. The predicted octanol–water partition coefficient (Wildman–Crippen LogP) is 3.46. The van der Waals surface area contributed by atoms with Gasteiger partial charge in [-0.3, -0.25) is 9.69 Å². The molecule has 6 heteroatoms. The van der Waals surface area contributed by atoms with Crippen LogP contribution in [0.2, 0.25) is 0 Å². The van der Waals surface area contributed by atoms with E-state index >= 15 is 0 Å². The van der Waals surface area contributed by atoms with E-state index in [4.69, 9.17) is 0 Å². The molecule has 2 saturated heterocycles. The average molecular weight is 386 g/mol. The standard InChI is InChI=1S/C22H24F2N2O2/c23-17-5-1-15(2-6-17)13-26-12-10-21(22(26)28)25-11-9-19(20(24)14-25)16-3-7-18(27)8-4-16/h1-8,19-21,27H,9-14H2/t19-,20+,21?/m0/s1. The number of hydrogen-bond donors (Lipinski definition) is 1. The molecule has 0 aliphatic carbocycles. The number of carbonyl (C=O) groups is 1. The Hall–Kier alpha value is -2.47. The Morgan fingerprint density at radius 3 is 2.39 bits per heavy atom. The molecule has 0 radical (unpaired) electrons. The summed E-state index contributed by atoms with van der Waals surface area (Å²) in [5.74, 6) is -0.294. The lowest BCUT2D eigenvalue weighted by Gasteiger charge is -2.37. The number of benzene rings is 2. The molecule has 1 amide bonds. The Kier molecular flexibility index (Phi) is 5.31. The number of alkyl halides is 1. The molecule has 2 aromatic carbocycles. The predicted molar refractivity (Wildman–Crippen MR) is 102 cm³/mol. The van der Waals surface area contributed by atoms with Gasteiger partial charge < -0.3 is 10.0 Å². The maximum Gasteiger partial charge on any atom is 0.240 e. The first-order valence-corrected chi connectivity index (χ1v) is 9.71.